The monoisotopic (exact) mass is 379 g/mol. The molecule has 2 rings (SSSR count). The highest BCUT2D eigenvalue weighted by atomic mass is 79.9. The van der Waals surface area contributed by atoms with Gasteiger partial charge in [0.05, 0.1) is 25.8 Å². The van der Waals surface area contributed by atoms with Crippen LogP contribution in [0.5, 0.6) is 17.2 Å². The van der Waals surface area contributed by atoms with Gasteiger partial charge in [0.25, 0.3) is 0 Å². The van der Waals surface area contributed by atoms with Crippen LogP contribution < -0.4 is 19.5 Å². The van der Waals surface area contributed by atoms with Crippen molar-refractivity contribution in [1.29, 1.82) is 0 Å². The molecular formula is C18H22BrNO3. The third kappa shape index (κ3) is 4.62. The Hall–Kier alpha value is -1.72. The second-order valence-electron chi connectivity index (χ2n) is 5.05. The number of hydrogen-bond donors (Lipinski definition) is 1. The topological polar surface area (TPSA) is 39.7 Å². The Morgan fingerprint density at radius 3 is 2.39 bits per heavy atom. The molecular weight excluding hydrogens is 358 g/mol. The quantitative estimate of drug-likeness (QED) is 0.707. The van der Waals surface area contributed by atoms with Crippen LogP contribution >= 0.6 is 15.9 Å². The second-order valence-corrected chi connectivity index (χ2v) is 5.91. The average Bonchev–Trinajstić information content (AvgIpc) is 2.58. The summed E-state index contributed by atoms with van der Waals surface area (Å²) in [6, 6.07) is 12.1. The van der Waals surface area contributed by atoms with Crippen LogP contribution in [0, 0.1) is 0 Å². The smallest absolute Gasteiger partial charge is 0.174 e. The van der Waals surface area contributed by atoms with Gasteiger partial charge in [-0.15, -0.1) is 0 Å². The van der Waals surface area contributed by atoms with Crippen LogP contribution in [0.2, 0.25) is 0 Å². The molecule has 2 aromatic carbocycles. The van der Waals surface area contributed by atoms with E-state index < -0.39 is 0 Å². The Morgan fingerprint density at radius 1 is 0.957 bits per heavy atom. The van der Waals surface area contributed by atoms with Crippen molar-refractivity contribution in [2.75, 3.05) is 27.9 Å². The standard InChI is InChI=1S/C18H22BrNO3/c1-21-16-7-5-4-6-14(16)8-9-20-12-13-10-15(19)18(23-3)17(11-13)22-2/h4-7,10-11,20H,8-9,12H2,1-3H3. The van der Waals surface area contributed by atoms with Crippen molar-refractivity contribution < 1.29 is 14.2 Å². The lowest BCUT2D eigenvalue weighted by atomic mass is 10.1. The van der Waals surface area contributed by atoms with Gasteiger partial charge in [0.2, 0.25) is 0 Å². The van der Waals surface area contributed by atoms with Crippen molar-refractivity contribution in [3.63, 3.8) is 0 Å². The fourth-order valence-electron chi connectivity index (χ4n) is 2.44. The Labute approximate surface area is 145 Å². The third-order valence-electron chi connectivity index (χ3n) is 3.59. The number of nitrogens with one attached hydrogen (secondary N) is 1. The molecule has 0 heterocycles. The largest absolute Gasteiger partial charge is 0.496 e. The molecule has 0 unspecified atom stereocenters. The van der Waals surface area contributed by atoms with Crippen molar-refractivity contribution in [2.45, 2.75) is 13.0 Å². The molecule has 0 fully saturated rings. The molecule has 0 amide bonds. The summed E-state index contributed by atoms with van der Waals surface area (Å²) >= 11 is 3.51. The number of halogens is 1. The normalized spacial score (nSPS) is 10.4. The molecule has 124 valence electrons. The molecule has 0 aliphatic heterocycles. The lowest BCUT2D eigenvalue weighted by Crippen LogP contribution is -2.17. The summed E-state index contributed by atoms with van der Waals surface area (Å²) in [5.74, 6) is 2.37. The van der Waals surface area contributed by atoms with Crippen LogP contribution in [0.25, 0.3) is 0 Å². The minimum absolute atomic E-state index is 0.713. The fourth-order valence-corrected chi connectivity index (χ4v) is 3.09. The van der Waals surface area contributed by atoms with Gasteiger partial charge >= 0.3 is 0 Å². The van der Waals surface area contributed by atoms with E-state index in [1.54, 1.807) is 21.3 Å². The molecule has 0 radical (unpaired) electrons. The SMILES string of the molecule is COc1ccccc1CCNCc1cc(Br)c(OC)c(OC)c1. The van der Waals surface area contributed by atoms with Gasteiger partial charge in [0.15, 0.2) is 11.5 Å². The van der Waals surface area contributed by atoms with E-state index >= 15 is 0 Å². The van der Waals surface area contributed by atoms with E-state index in [9.17, 15) is 0 Å². The summed E-state index contributed by atoms with van der Waals surface area (Å²) in [5.41, 5.74) is 2.34. The van der Waals surface area contributed by atoms with Crippen molar-refractivity contribution >= 4 is 15.9 Å². The number of methoxy groups -OCH3 is 3. The predicted octanol–water partition coefficient (Wildman–Crippen LogP) is 3.81. The highest BCUT2D eigenvalue weighted by molar-refractivity contribution is 9.10. The maximum atomic E-state index is 5.37. The molecule has 4 nitrogen and oxygen atoms in total. The molecule has 0 aromatic heterocycles. The van der Waals surface area contributed by atoms with Crippen LogP contribution in [0.1, 0.15) is 11.1 Å². The molecule has 0 atom stereocenters. The molecule has 0 aliphatic rings. The molecule has 5 heteroatoms. The summed E-state index contributed by atoms with van der Waals surface area (Å²) in [5, 5.41) is 3.44. The summed E-state index contributed by atoms with van der Waals surface area (Å²) in [4.78, 5) is 0. The van der Waals surface area contributed by atoms with E-state index in [2.05, 4.69) is 27.3 Å². The zero-order valence-electron chi connectivity index (χ0n) is 13.7. The Balaban J connectivity index is 1.93. The summed E-state index contributed by atoms with van der Waals surface area (Å²) in [7, 11) is 4.98. The first-order valence-corrected chi connectivity index (χ1v) is 8.22. The van der Waals surface area contributed by atoms with Gasteiger partial charge in [0.1, 0.15) is 5.75 Å². The zero-order valence-corrected chi connectivity index (χ0v) is 15.3. The fraction of sp³-hybridized carbons (Fsp3) is 0.333. The van der Waals surface area contributed by atoms with Gasteiger partial charge < -0.3 is 19.5 Å². The van der Waals surface area contributed by atoms with Gasteiger partial charge in [-0.25, -0.2) is 0 Å². The molecule has 0 saturated heterocycles. The first kappa shape index (κ1) is 17.6. The first-order valence-electron chi connectivity index (χ1n) is 7.42. The minimum atomic E-state index is 0.713. The number of para-hydroxylation sites is 1. The number of hydrogen-bond acceptors (Lipinski definition) is 4. The molecule has 0 saturated carbocycles. The van der Waals surface area contributed by atoms with E-state index in [0.29, 0.717) is 5.75 Å². The van der Waals surface area contributed by atoms with Crippen LogP contribution in [0.15, 0.2) is 40.9 Å². The summed E-state index contributed by atoms with van der Waals surface area (Å²) in [6.45, 7) is 1.63. The molecule has 23 heavy (non-hydrogen) atoms. The van der Waals surface area contributed by atoms with Crippen molar-refractivity contribution in [1.82, 2.24) is 5.32 Å². The molecule has 1 N–H and O–H groups in total. The first-order chi connectivity index (χ1) is 11.2. The molecule has 0 aliphatic carbocycles. The molecule has 0 spiro atoms. The van der Waals surface area contributed by atoms with Crippen molar-refractivity contribution in [3.05, 3.63) is 52.0 Å². The lowest BCUT2D eigenvalue weighted by Gasteiger charge is -2.13. The zero-order chi connectivity index (χ0) is 16.7. The number of rotatable bonds is 8. The minimum Gasteiger partial charge on any atom is -0.496 e. The van der Waals surface area contributed by atoms with Crippen LogP contribution in [0.4, 0.5) is 0 Å². The van der Waals surface area contributed by atoms with Gasteiger partial charge in [0, 0.05) is 6.54 Å². The van der Waals surface area contributed by atoms with Crippen molar-refractivity contribution in [2.24, 2.45) is 0 Å². The van der Waals surface area contributed by atoms with Gasteiger partial charge in [-0.2, -0.15) is 0 Å². The Bertz CT molecular complexity index is 646. The van der Waals surface area contributed by atoms with Crippen LogP contribution in [-0.4, -0.2) is 27.9 Å². The number of ether oxygens (including phenoxy) is 3. The van der Waals surface area contributed by atoms with Gasteiger partial charge in [-0.1, -0.05) is 18.2 Å². The highest BCUT2D eigenvalue weighted by Gasteiger charge is 2.10. The van der Waals surface area contributed by atoms with E-state index in [1.165, 1.54) is 5.56 Å². The summed E-state index contributed by atoms with van der Waals surface area (Å²) < 4.78 is 16.9. The van der Waals surface area contributed by atoms with Crippen LogP contribution in [0.3, 0.4) is 0 Å². The number of benzene rings is 2. The average molecular weight is 380 g/mol. The van der Waals surface area contributed by atoms with Crippen LogP contribution in [-0.2, 0) is 13.0 Å². The van der Waals surface area contributed by atoms with E-state index in [0.717, 1.165) is 41.0 Å². The maximum absolute atomic E-state index is 5.37. The van der Waals surface area contributed by atoms with E-state index in [1.807, 2.05) is 30.3 Å². The second kappa shape index (κ2) is 8.79. The van der Waals surface area contributed by atoms with Crippen molar-refractivity contribution in [3.8, 4) is 17.2 Å². The lowest BCUT2D eigenvalue weighted by molar-refractivity contribution is 0.352. The maximum Gasteiger partial charge on any atom is 0.174 e. The van der Waals surface area contributed by atoms with E-state index in [4.69, 9.17) is 14.2 Å². The Morgan fingerprint density at radius 2 is 1.70 bits per heavy atom. The van der Waals surface area contributed by atoms with Gasteiger partial charge in [-0.3, -0.25) is 0 Å². The molecule has 0 bridgehead atoms. The predicted molar refractivity (Wildman–Crippen MR) is 95.7 cm³/mol. The molecule has 2 aromatic rings. The van der Waals surface area contributed by atoms with Gasteiger partial charge in [-0.05, 0) is 58.2 Å². The summed E-state index contributed by atoms with van der Waals surface area (Å²) in [6.07, 6.45) is 0.915. The third-order valence-corrected chi connectivity index (χ3v) is 4.18. The van der Waals surface area contributed by atoms with E-state index in [-0.39, 0.29) is 0 Å². The Kier molecular flexibility index (Phi) is 6.74. The highest BCUT2D eigenvalue weighted by Crippen LogP contribution is 2.36.